The molecule has 0 aromatic heterocycles. The molecule has 0 bridgehead atoms. The van der Waals surface area contributed by atoms with E-state index >= 15 is 0 Å². The van der Waals surface area contributed by atoms with Crippen molar-refractivity contribution in [1.82, 2.24) is 0 Å². The van der Waals surface area contributed by atoms with Crippen LogP contribution in [0.2, 0.25) is 0 Å². The van der Waals surface area contributed by atoms with Gasteiger partial charge < -0.3 is 10.5 Å². The van der Waals surface area contributed by atoms with Gasteiger partial charge in [0.25, 0.3) is 5.69 Å². The van der Waals surface area contributed by atoms with Crippen LogP contribution in [0, 0.1) is 10.1 Å². The van der Waals surface area contributed by atoms with Crippen LogP contribution in [0.5, 0.6) is 0 Å². The summed E-state index contributed by atoms with van der Waals surface area (Å²) in [6.45, 7) is 0. The lowest BCUT2D eigenvalue weighted by atomic mass is 10.1. The van der Waals surface area contributed by atoms with Crippen molar-refractivity contribution >= 4 is 12.0 Å². The third kappa shape index (κ3) is 2.37. The summed E-state index contributed by atoms with van der Waals surface area (Å²) in [6.07, 6.45) is 0.775. The molecule has 1 rings (SSSR count). The third-order valence-corrected chi connectivity index (χ3v) is 1.82. The summed E-state index contributed by atoms with van der Waals surface area (Å²) in [5.41, 5.74) is 5.87. The highest BCUT2D eigenvalue weighted by molar-refractivity contribution is 5.58. The van der Waals surface area contributed by atoms with Crippen LogP contribution >= 0.6 is 0 Å². The van der Waals surface area contributed by atoms with Crippen molar-refractivity contribution < 1.29 is 9.72 Å². The molecule has 0 fully saturated rings. The highest BCUT2D eigenvalue weighted by Gasteiger charge is 2.14. The SMILES string of the molecule is N[C@H](C=O)Cc1ccccc1[N+](=O)[O-]. The van der Waals surface area contributed by atoms with Crippen molar-refractivity contribution in [2.45, 2.75) is 12.5 Å². The highest BCUT2D eigenvalue weighted by atomic mass is 16.6. The Labute approximate surface area is 80.7 Å². The highest BCUT2D eigenvalue weighted by Crippen LogP contribution is 2.18. The number of para-hydroxylation sites is 1. The second-order valence-corrected chi connectivity index (χ2v) is 2.89. The second-order valence-electron chi connectivity index (χ2n) is 2.89. The number of hydrogen-bond acceptors (Lipinski definition) is 4. The third-order valence-electron chi connectivity index (χ3n) is 1.82. The molecule has 0 aliphatic carbocycles. The fourth-order valence-corrected chi connectivity index (χ4v) is 1.16. The van der Waals surface area contributed by atoms with E-state index in [0.29, 0.717) is 11.8 Å². The molecule has 5 heteroatoms. The van der Waals surface area contributed by atoms with Gasteiger partial charge in [0.05, 0.1) is 11.0 Å². The molecule has 1 atom stereocenters. The Morgan fingerprint density at radius 1 is 1.50 bits per heavy atom. The van der Waals surface area contributed by atoms with Gasteiger partial charge in [0.2, 0.25) is 0 Å². The molecule has 0 heterocycles. The van der Waals surface area contributed by atoms with Crippen LogP contribution in [0.25, 0.3) is 0 Å². The molecule has 0 aliphatic rings. The first-order chi connectivity index (χ1) is 6.65. The average molecular weight is 194 g/mol. The fourth-order valence-electron chi connectivity index (χ4n) is 1.16. The summed E-state index contributed by atoms with van der Waals surface area (Å²) in [4.78, 5) is 20.4. The molecular weight excluding hydrogens is 184 g/mol. The van der Waals surface area contributed by atoms with Gasteiger partial charge >= 0.3 is 0 Å². The first kappa shape index (κ1) is 10.3. The molecule has 0 saturated carbocycles. The van der Waals surface area contributed by atoms with E-state index in [-0.39, 0.29) is 12.1 Å². The maximum Gasteiger partial charge on any atom is 0.272 e. The normalized spacial score (nSPS) is 12.1. The molecule has 0 aliphatic heterocycles. The fraction of sp³-hybridized carbons (Fsp3) is 0.222. The lowest BCUT2D eigenvalue weighted by Crippen LogP contribution is -2.24. The van der Waals surface area contributed by atoms with E-state index in [1.165, 1.54) is 6.07 Å². The summed E-state index contributed by atoms with van der Waals surface area (Å²) in [7, 11) is 0. The van der Waals surface area contributed by atoms with Gasteiger partial charge in [0.15, 0.2) is 0 Å². The van der Waals surface area contributed by atoms with Crippen LogP contribution in [0.1, 0.15) is 5.56 Å². The van der Waals surface area contributed by atoms with Crippen LogP contribution in [0.4, 0.5) is 5.69 Å². The Kier molecular flexibility index (Phi) is 3.30. The minimum absolute atomic E-state index is 0.00444. The standard InChI is InChI=1S/C9H10N2O3/c10-8(6-12)5-7-3-1-2-4-9(7)11(13)14/h1-4,6,8H,5,10H2/t8-/m0/s1. The van der Waals surface area contributed by atoms with Gasteiger partial charge in [-0.1, -0.05) is 18.2 Å². The first-order valence-corrected chi connectivity index (χ1v) is 4.08. The topological polar surface area (TPSA) is 86.2 Å². The van der Waals surface area contributed by atoms with E-state index in [4.69, 9.17) is 5.73 Å². The second kappa shape index (κ2) is 4.48. The molecular formula is C9H10N2O3. The Morgan fingerprint density at radius 3 is 2.71 bits per heavy atom. The maximum absolute atomic E-state index is 10.6. The number of nitro benzene ring substituents is 1. The average Bonchev–Trinajstić information content (AvgIpc) is 2.18. The Morgan fingerprint density at radius 2 is 2.14 bits per heavy atom. The van der Waals surface area contributed by atoms with Crippen molar-refractivity contribution in [3.63, 3.8) is 0 Å². The number of carbonyl (C=O) groups excluding carboxylic acids is 1. The van der Waals surface area contributed by atoms with Crippen LogP contribution in [0.3, 0.4) is 0 Å². The lowest BCUT2D eigenvalue weighted by Gasteiger charge is -2.04. The molecule has 0 amide bonds. The van der Waals surface area contributed by atoms with Crippen LogP contribution in [-0.4, -0.2) is 17.3 Å². The Hall–Kier alpha value is -1.75. The molecule has 0 unspecified atom stereocenters. The zero-order valence-electron chi connectivity index (χ0n) is 7.42. The molecule has 2 N–H and O–H groups in total. The quantitative estimate of drug-likeness (QED) is 0.433. The van der Waals surface area contributed by atoms with Crippen molar-refractivity contribution in [3.05, 3.63) is 39.9 Å². The molecule has 0 radical (unpaired) electrons. The zero-order chi connectivity index (χ0) is 10.6. The summed E-state index contributed by atoms with van der Waals surface area (Å²) < 4.78 is 0. The number of nitro groups is 1. The van der Waals surface area contributed by atoms with Crippen molar-refractivity contribution in [3.8, 4) is 0 Å². The van der Waals surface area contributed by atoms with E-state index in [2.05, 4.69) is 0 Å². The van der Waals surface area contributed by atoms with Crippen molar-refractivity contribution in [1.29, 1.82) is 0 Å². The Bertz CT molecular complexity index is 352. The van der Waals surface area contributed by atoms with E-state index in [0.717, 1.165) is 0 Å². The Balaban J connectivity index is 2.95. The summed E-state index contributed by atoms with van der Waals surface area (Å²) in [5.74, 6) is 0. The minimum Gasteiger partial charge on any atom is -0.321 e. The number of benzene rings is 1. The number of rotatable bonds is 4. The van der Waals surface area contributed by atoms with Gasteiger partial charge in [-0.15, -0.1) is 0 Å². The number of aldehydes is 1. The van der Waals surface area contributed by atoms with E-state index in [1.807, 2.05) is 0 Å². The molecule has 5 nitrogen and oxygen atoms in total. The van der Waals surface area contributed by atoms with Crippen molar-refractivity contribution in [2.75, 3.05) is 0 Å². The van der Waals surface area contributed by atoms with E-state index in [9.17, 15) is 14.9 Å². The summed E-state index contributed by atoms with van der Waals surface area (Å²) in [6, 6.07) is 5.57. The number of nitrogens with zero attached hydrogens (tertiary/aromatic N) is 1. The van der Waals surface area contributed by atoms with E-state index in [1.54, 1.807) is 18.2 Å². The predicted octanol–water partition coefficient (Wildman–Crippen LogP) is 0.663. The molecule has 0 saturated heterocycles. The predicted molar refractivity (Wildman–Crippen MR) is 50.8 cm³/mol. The molecule has 74 valence electrons. The minimum atomic E-state index is -0.684. The van der Waals surface area contributed by atoms with Gasteiger partial charge in [0, 0.05) is 18.1 Å². The smallest absolute Gasteiger partial charge is 0.272 e. The van der Waals surface area contributed by atoms with Gasteiger partial charge in [0.1, 0.15) is 6.29 Å². The molecule has 0 spiro atoms. The maximum atomic E-state index is 10.6. The van der Waals surface area contributed by atoms with Gasteiger partial charge in [-0.25, -0.2) is 0 Å². The lowest BCUT2D eigenvalue weighted by molar-refractivity contribution is -0.385. The number of carbonyl (C=O) groups is 1. The largest absolute Gasteiger partial charge is 0.321 e. The molecule has 1 aromatic carbocycles. The van der Waals surface area contributed by atoms with Crippen molar-refractivity contribution in [2.24, 2.45) is 5.73 Å². The van der Waals surface area contributed by atoms with Gasteiger partial charge in [-0.05, 0) is 0 Å². The number of hydrogen-bond donors (Lipinski definition) is 1. The molecule has 1 aromatic rings. The zero-order valence-corrected chi connectivity index (χ0v) is 7.42. The summed E-state index contributed by atoms with van der Waals surface area (Å²) >= 11 is 0. The van der Waals surface area contributed by atoms with E-state index < -0.39 is 11.0 Å². The van der Waals surface area contributed by atoms with Crippen LogP contribution in [-0.2, 0) is 11.2 Å². The van der Waals surface area contributed by atoms with Gasteiger partial charge in [-0.3, -0.25) is 10.1 Å². The molecule has 14 heavy (non-hydrogen) atoms. The van der Waals surface area contributed by atoms with Crippen LogP contribution < -0.4 is 5.73 Å². The number of nitrogens with two attached hydrogens (primary N) is 1. The van der Waals surface area contributed by atoms with Gasteiger partial charge in [-0.2, -0.15) is 0 Å². The van der Waals surface area contributed by atoms with Crippen LogP contribution in [0.15, 0.2) is 24.3 Å². The monoisotopic (exact) mass is 194 g/mol. The summed E-state index contributed by atoms with van der Waals surface area (Å²) in [5, 5.41) is 10.6. The first-order valence-electron chi connectivity index (χ1n) is 4.08.